The molecule has 5 heteroatoms. The Labute approximate surface area is 112 Å². The number of anilines is 1. The Kier molecular flexibility index (Phi) is 4.18. The first-order valence-electron chi connectivity index (χ1n) is 6.34. The number of aromatic nitrogens is 2. The molecule has 0 bridgehead atoms. The Morgan fingerprint density at radius 1 is 1.42 bits per heavy atom. The zero-order chi connectivity index (χ0) is 13.7. The Morgan fingerprint density at radius 2 is 2.16 bits per heavy atom. The van der Waals surface area contributed by atoms with E-state index in [0.29, 0.717) is 0 Å². The molecular formula is C14H18N4O. The largest absolute Gasteiger partial charge is 0.368 e. The number of amides is 1. The molecule has 2 rings (SSSR count). The van der Waals surface area contributed by atoms with E-state index < -0.39 is 11.9 Å². The Balaban J connectivity index is 2.15. The molecular weight excluding hydrogens is 240 g/mol. The maximum atomic E-state index is 11.6. The van der Waals surface area contributed by atoms with E-state index in [2.05, 4.69) is 17.3 Å². The number of benzene rings is 1. The summed E-state index contributed by atoms with van der Waals surface area (Å²) >= 11 is 0. The molecule has 0 aliphatic rings. The van der Waals surface area contributed by atoms with Gasteiger partial charge in [-0.1, -0.05) is 37.3 Å². The highest BCUT2D eigenvalue weighted by atomic mass is 16.1. The van der Waals surface area contributed by atoms with Crippen LogP contribution in [0.2, 0.25) is 0 Å². The van der Waals surface area contributed by atoms with Crippen LogP contribution >= 0.6 is 0 Å². The molecule has 0 unspecified atom stereocenters. The van der Waals surface area contributed by atoms with Crippen LogP contribution in [-0.2, 0) is 11.3 Å². The average Bonchev–Trinajstić information content (AvgIpc) is 2.85. The molecule has 100 valence electrons. The second kappa shape index (κ2) is 6.04. The van der Waals surface area contributed by atoms with Gasteiger partial charge in [0.15, 0.2) is 0 Å². The topological polar surface area (TPSA) is 72.9 Å². The number of nitrogens with one attached hydrogen (secondary N) is 1. The molecule has 1 aromatic carbocycles. The second-order valence-corrected chi connectivity index (χ2v) is 4.38. The van der Waals surface area contributed by atoms with Crippen LogP contribution in [0.15, 0.2) is 42.7 Å². The molecule has 0 saturated heterocycles. The third kappa shape index (κ3) is 3.34. The van der Waals surface area contributed by atoms with Gasteiger partial charge in [0.25, 0.3) is 0 Å². The molecule has 0 aliphatic carbocycles. The Morgan fingerprint density at radius 3 is 2.79 bits per heavy atom. The Hall–Kier alpha value is -2.30. The van der Waals surface area contributed by atoms with Gasteiger partial charge in [-0.15, -0.1) is 0 Å². The molecule has 1 heterocycles. The highest BCUT2D eigenvalue weighted by Gasteiger charge is 2.17. The predicted octanol–water partition coefficient (Wildman–Crippen LogP) is 1.93. The molecule has 0 radical (unpaired) electrons. The van der Waals surface area contributed by atoms with Crippen molar-refractivity contribution in [2.24, 2.45) is 5.73 Å². The fraction of sp³-hybridized carbons (Fsp3) is 0.286. The normalized spacial score (nSPS) is 12.1. The summed E-state index contributed by atoms with van der Waals surface area (Å²) in [6, 6.07) is 8.87. The number of rotatable bonds is 6. The molecule has 5 nitrogen and oxygen atoms in total. The SMILES string of the molecule is CCCn1cc(N[C@@H](C(N)=O)c2ccccc2)cn1. The van der Waals surface area contributed by atoms with Gasteiger partial charge in [0.05, 0.1) is 11.9 Å². The third-order valence-electron chi connectivity index (χ3n) is 2.81. The van der Waals surface area contributed by atoms with E-state index in [0.717, 1.165) is 24.2 Å². The molecule has 3 N–H and O–H groups in total. The lowest BCUT2D eigenvalue weighted by molar-refractivity contribution is -0.118. The molecule has 0 fully saturated rings. The van der Waals surface area contributed by atoms with Crippen molar-refractivity contribution in [2.75, 3.05) is 5.32 Å². The Bertz CT molecular complexity index is 535. The lowest BCUT2D eigenvalue weighted by Gasteiger charge is -2.15. The van der Waals surface area contributed by atoms with E-state index in [4.69, 9.17) is 5.73 Å². The first-order valence-corrected chi connectivity index (χ1v) is 6.34. The van der Waals surface area contributed by atoms with E-state index >= 15 is 0 Å². The van der Waals surface area contributed by atoms with Crippen LogP contribution in [0.4, 0.5) is 5.69 Å². The lowest BCUT2D eigenvalue weighted by atomic mass is 10.1. The fourth-order valence-corrected chi connectivity index (χ4v) is 1.92. The van der Waals surface area contributed by atoms with Gasteiger partial charge in [0.1, 0.15) is 6.04 Å². The summed E-state index contributed by atoms with van der Waals surface area (Å²) in [6.07, 6.45) is 4.59. The summed E-state index contributed by atoms with van der Waals surface area (Å²) < 4.78 is 1.84. The zero-order valence-corrected chi connectivity index (χ0v) is 10.9. The number of carbonyl (C=O) groups excluding carboxylic acids is 1. The maximum Gasteiger partial charge on any atom is 0.244 e. The summed E-state index contributed by atoms with van der Waals surface area (Å²) in [7, 11) is 0. The van der Waals surface area contributed by atoms with E-state index in [1.807, 2.05) is 41.2 Å². The zero-order valence-electron chi connectivity index (χ0n) is 10.9. The van der Waals surface area contributed by atoms with Crippen LogP contribution in [-0.4, -0.2) is 15.7 Å². The van der Waals surface area contributed by atoms with Crippen LogP contribution in [0.5, 0.6) is 0 Å². The quantitative estimate of drug-likeness (QED) is 0.831. The predicted molar refractivity (Wildman–Crippen MR) is 74.5 cm³/mol. The fourth-order valence-electron chi connectivity index (χ4n) is 1.92. The highest BCUT2D eigenvalue weighted by Crippen LogP contribution is 2.18. The van der Waals surface area contributed by atoms with Gasteiger partial charge in [0.2, 0.25) is 5.91 Å². The van der Waals surface area contributed by atoms with Crippen molar-refractivity contribution in [3.05, 3.63) is 48.3 Å². The summed E-state index contributed by atoms with van der Waals surface area (Å²) in [5.74, 6) is -0.408. The summed E-state index contributed by atoms with van der Waals surface area (Å²) in [6.45, 7) is 2.94. The van der Waals surface area contributed by atoms with Crippen molar-refractivity contribution < 1.29 is 4.79 Å². The van der Waals surface area contributed by atoms with Gasteiger partial charge in [-0.05, 0) is 12.0 Å². The number of primary amides is 1. The second-order valence-electron chi connectivity index (χ2n) is 4.38. The van der Waals surface area contributed by atoms with Gasteiger partial charge >= 0.3 is 0 Å². The minimum atomic E-state index is -0.541. The van der Waals surface area contributed by atoms with Crippen LogP contribution in [0, 0.1) is 0 Å². The number of aryl methyl sites for hydroxylation is 1. The first-order chi connectivity index (χ1) is 9.20. The molecule has 0 aliphatic heterocycles. The highest BCUT2D eigenvalue weighted by molar-refractivity contribution is 5.84. The van der Waals surface area contributed by atoms with Crippen LogP contribution in [0.25, 0.3) is 0 Å². The minimum Gasteiger partial charge on any atom is -0.368 e. The summed E-state index contributed by atoms with van der Waals surface area (Å²) in [5, 5.41) is 7.33. The number of hydrogen-bond donors (Lipinski definition) is 2. The van der Waals surface area contributed by atoms with E-state index in [-0.39, 0.29) is 0 Å². The molecule has 1 atom stereocenters. The first kappa shape index (κ1) is 13.1. The van der Waals surface area contributed by atoms with Crippen molar-refractivity contribution in [1.29, 1.82) is 0 Å². The summed E-state index contributed by atoms with van der Waals surface area (Å²) in [4.78, 5) is 11.6. The van der Waals surface area contributed by atoms with E-state index in [1.54, 1.807) is 6.20 Å². The maximum absolute atomic E-state index is 11.6. The van der Waals surface area contributed by atoms with Gasteiger partial charge in [-0.2, -0.15) is 5.10 Å². The van der Waals surface area contributed by atoms with Crippen LogP contribution in [0.3, 0.4) is 0 Å². The van der Waals surface area contributed by atoms with E-state index in [9.17, 15) is 4.79 Å². The van der Waals surface area contributed by atoms with Crippen molar-refractivity contribution in [1.82, 2.24) is 9.78 Å². The number of nitrogens with two attached hydrogens (primary N) is 1. The van der Waals surface area contributed by atoms with Gasteiger partial charge in [-0.25, -0.2) is 0 Å². The molecule has 1 amide bonds. The smallest absolute Gasteiger partial charge is 0.244 e. The van der Waals surface area contributed by atoms with Crippen molar-refractivity contribution >= 4 is 11.6 Å². The van der Waals surface area contributed by atoms with Gasteiger partial charge in [0, 0.05) is 12.7 Å². The standard InChI is InChI=1S/C14H18N4O/c1-2-8-18-10-12(9-16-18)17-13(14(15)19)11-6-4-3-5-7-11/h3-7,9-10,13,17H,2,8H2,1H3,(H2,15,19)/t13-/m1/s1. The number of nitrogens with zero attached hydrogens (tertiary/aromatic N) is 2. The minimum absolute atomic E-state index is 0.408. The molecule has 0 saturated carbocycles. The number of carbonyl (C=O) groups is 1. The number of hydrogen-bond acceptors (Lipinski definition) is 3. The van der Waals surface area contributed by atoms with Gasteiger partial charge < -0.3 is 11.1 Å². The monoisotopic (exact) mass is 258 g/mol. The van der Waals surface area contributed by atoms with Crippen LogP contribution < -0.4 is 11.1 Å². The lowest BCUT2D eigenvalue weighted by Crippen LogP contribution is -2.27. The van der Waals surface area contributed by atoms with Crippen LogP contribution in [0.1, 0.15) is 24.9 Å². The molecule has 0 spiro atoms. The third-order valence-corrected chi connectivity index (χ3v) is 2.81. The molecule has 19 heavy (non-hydrogen) atoms. The van der Waals surface area contributed by atoms with E-state index in [1.165, 1.54) is 0 Å². The summed E-state index contributed by atoms with van der Waals surface area (Å²) in [5.41, 5.74) is 7.09. The van der Waals surface area contributed by atoms with Crippen molar-refractivity contribution in [3.63, 3.8) is 0 Å². The molecule has 2 aromatic rings. The van der Waals surface area contributed by atoms with Crippen molar-refractivity contribution in [2.45, 2.75) is 25.9 Å². The molecule has 1 aromatic heterocycles. The average molecular weight is 258 g/mol. The van der Waals surface area contributed by atoms with Crippen molar-refractivity contribution in [3.8, 4) is 0 Å². The van der Waals surface area contributed by atoms with Gasteiger partial charge in [-0.3, -0.25) is 9.48 Å².